The van der Waals surface area contributed by atoms with Crippen molar-refractivity contribution in [2.75, 3.05) is 0 Å². The molecule has 0 aliphatic carbocycles. The Morgan fingerprint density at radius 1 is 1.36 bits per heavy atom. The molecule has 1 aromatic heterocycles. The van der Waals surface area contributed by atoms with Crippen LogP contribution in [0, 0.1) is 0 Å². The van der Waals surface area contributed by atoms with Crippen molar-refractivity contribution < 1.29 is 5.11 Å². The summed E-state index contributed by atoms with van der Waals surface area (Å²) in [6.07, 6.45) is 0.757. The highest BCUT2D eigenvalue weighted by Crippen LogP contribution is 2.22. The van der Waals surface area contributed by atoms with Gasteiger partial charge in [-0.15, -0.1) is 11.3 Å². The topological polar surface area (TPSA) is 33.1 Å². The van der Waals surface area contributed by atoms with Crippen molar-refractivity contribution in [3.8, 4) is 5.88 Å². The SMILES string of the molecule is Oc1csc(Cc2ccccc2Br)n1. The van der Waals surface area contributed by atoms with Crippen LogP contribution in [0.1, 0.15) is 10.6 Å². The largest absolute Gasteiger partial charge is 0.493 e. The maximum atomic E-state index is 9.09. The maximum absolute atomic E-state index is 9.09. The molecular weight excluding hydrogens is 262 g/mol. The van der Waals surface area contributed by atoms with E-state index in [4.69, 9.17) is 5.11 Å². The van der Waals surface area contributed by atoms with Crippen molar-refractivity contribution in [1.82, 2.24) is 4.98 Å². The van der Waals surface area contributed by atoms with Gasteiger partial charge in [0.2, 0.25) is 5.88 Å². The second-order valence-electron chi connectivity index (χ2n) is 2.87. The van der Waals surface area contributed by atoms with E-state index in [-0.39, 0.29) is 5.88 Å². The number of aromatic nitrogens is 1. The summed E-state index contributed by atoms with van der Waals surface area (Å²) in [5.74, 6) is 0.108. The van der Waals surface area contributed by atoms with Gasteiger partial charge in [-0.25, -0.2) is 4.98 Å². The molecule has 0 amide bonds. The molecule has 0 radical (unpaired) electrons. The molecule has 0 atom stereocenters. The third-order valence-electron chi connectivity index (χ3n) is 1.84. The number of nitrogens with zero attached hydrogens (tertiary/aromatic N) is 1. The Morgan fingerprint density at radius 3 is 2.79 bits per heavy atom. The minimum absolute atomic E-state index is 0.108. The average molecular weight is 270 g/mol. The minimum Gasteiger partial charge on any atom is -0.493 e. The third kappa shape index (κ3) is 2.13. The Balaban J connectivity index is 2.23. The molecule has 0 aliphatic heterocycles. The fourth-order valence-electron chi connectivity index (χ4n) is 1.19. The first-order valence-corrected chi connectivity index (χ1v) is 5.80. The van der Waals surface area contributed by atoms with Crippen molar-refractivity contribution in [2.24, 2.45) is 0 Å². The molecule has 4 heteroatoms. The van der Waals surface area contributed by atoms with Gasteiger partial charge in [0.25, 0.3) is 0 Å². The summed E-state index contributed by atoms with van der Waals surface area (Å²) < 4.78 is 1.08. The molecule has 0 unspecified atom stereocenters. The van der Waals surface area contributed by atoms with Gasteiger partial charge in [0, 0.05) is 10.9 Å². The second-order valence-corrected chi connectivity index (χ2v) is 4.66. The lowest BCUT2D eigenvalue weighted by Crippen LogP contribution is -1.87. The quantitative estimate of drug-likeness (QED) is 0.909. The van der Waals surface area contributed by atoms with E-state index in [1.165, 1.54) is 16.9 Å². The Kier molecular flexibility index (Phi) is 2.84. The van der Waals surface area contributed by atoms with Crippen LogP contribution in [0.4, 0.5) is 0 Å². The molecule has 2 aromatic rings. The van der Waals surface area contributed by atoms with Crippen molar-refractivity contribution in [3.63, 3.8) is 0 Å². The third-order valence-corrected chi connectivity index (χ3v) is 3.45. The first-order chi connectivity index (χ1) is 6.75. The predicted molar refractivity (Wildman–Crippen MR) is 60.7 cm³/mol. The zero-order chi connectivity index (χ0) is 9.97. The first kappa shape index (κ1) is 9.68. The first-order valence-electron chi connectivity index (χ1n) is 4.12. The number of benzene rings is 1. The molecule has 1 aromatic carbocycles. The molecule has 14 heavy (non-hydrogen) atoms. The van der Waals surface area contributed by atoms with E-state index in [9.17, 15) is 0 Å². The normalized spacial score (nSPS) is 10.4. The minimum atomic E-state index is 0.108. The highest BCUT2D eigenvalue weighted by Gasteiger charge is 2.04. The highest BCUT2D eigenvalue weighted by molar-refractivity contribution is 9.10. The lowest BCUT2D eigenvalue weighted by atomic mass is 10.2. The van der Waals surface area contributed by atoms with Crippen LogP contribution in [0.5, 0.6) is 5.88 Å². The predicted octanol–water partition coefficient (Wildman–Crippen LogP) is 3.20. The van der Waals surface area contributed by atoms with Gasteiger partial charge in [0.1, 0.15) is 5.01 Å². The van der Waals surface area contributed by atoms with Crippen molar-refractivity contribution in [3.05, 3.63) is 44.7 Å². The van der Waals surface area contributed by atoms with E-state index >= 15 is 0 Å². The van der Waals surface area contributed by atoms with E-state index in [0.717, 1.165) is 15.9 Å². The molecule has 1 heterocycles. The summed E-state index contributed by atoms with van der Waals surface area (Å²) in [7, 11) is 0. The number of hydrogen-bond donors (Lipinski definition) is 1. The van der Waals surface area contributed by atoms with Gasteiger partial charge in [0.15, 0.2) is 0 Å². The van der Waals surface area contributed by atoms with Crippen LogP contribution in [-0.2, 0) is 6.42 Å². The van der Waals surface area contributed by atoms with Crippen molar-refractivity contribution in [1.29, 1.82) is 0 Å². The van der Waals surface area contributed by atoms with E-state index in [2.05, 4.69) is 20.9 Å². The Morgan fingerprint density at radius 2 is 2.14 bits per heavy atom. The molecule has 2 rings (SSSR count). The Bertz CT molecular complexity index is 441. The fraction of sp³-hybridized carbons (Fsp3) is 0.100. The molecule has 0 aliphatic rings. The zero-order valence-electron chi connectivity index (χ0n) is 7.27. The Hall–Kier alpha value is -0.870. The summed E-state index contributed by atoms with van der Waals surface area (Å²) >= 11 is 4.95. The van der Waals surface area contributed by atoms with Crippen LogP contribution in [0.2, 0.25) is 0 Å². The molecule has 0 saturated heterocycles. The highest BCUT2D eigenvalue weighted by atomic mass is 79.9. The molecular formula is C10H8BrNOS. The van der Waals surface area contributed by atoms with Crippen LogP contribution in [0.25, 0.3) is 0 Å². The van der Waals surface area contributed by atoms with E-state index in [1.54, 1.807) is 5.38 Å². The lowest BCUT2D eigenvalue weighted by molar-refractivity contribution is 0.456. The van der Waals surface area contributed by atoms with Gasteiger partial charge >= 0.3 is 0 Å². The van der Waals surface area contributed by atoms with Gasteiger partial charge < -0.3 is 5.11 Å². The molecule has 1 N–H and O–H groups in total. The van der Waals surface area contributed by atoms with Gasteiger partial charge in [-0.05, 0) is 11.6 Å². The van der Waals surface area contributed by atoms with Gasteiger partial charge in [0.05, 0.1) is 5.38 Å². The molecule has 0 spiro atoms. The summed E-state index contributed by atoms with van der Waals surface area (Å²) in [5.41, 5.74) is 1.18. The fourth-order valence-corrected chi connectivity index (χ4v) is 2.29. The molecule has 0 saturated carbocycles. The smallest absolute Gasteiger partial charge is 0.222 e. The molecule has 0 fully saturated rings. The standard InChI is InChI=1S/C10H8BrNOS/c11-8-4-2-1-3-7(8)5-10-12-9(13)6-14-10/h1-4,6,13H,5H2. The van der Waals surface area contributed by atoms with Gasteiger partial charge in [-0.1, -0.05) is 34.1 Å². The van der Waals surface area contributed by atoms with Crippen LogP contribution >= 0.6 is 27.3 Å². The summed E-state index contributed by atoms with van der Waals surface area (Å²) in [6, 6.07) is 8.02. The van der Waals surface area contributed by atoms with Crippen molar-refractivity contribution in [2.45, 2.75) is 6.42 Å². The number of aromatic hydroxyl groups is 1. The average Bonchev–Trinajstić information content (AvgIpc) is 2.56. The number of thiazole rings is 1. The summed E-state index contributed by atoms with van der Waals surface area (Å²) in [4.78, 5) is 4.00. The number of rotatable bonds is 2. The van der Waals surface area contributed by atoms with Gasteiger partial charge in [-0.3, -0.25) is 0 Å². The maximum Gasteiger partial charge on any atom is 0.222 e. The van der Waals surface area contributed by atoms with Gasteiger partial charge in [-0.2, -0.15) is 0 Å². The second kappa shape index (κ2) is 4.11. The number of hydrogen-bond acceptors (Lipinski definition) is 3. The van der Waals surface area contributed by atoms with Crippen LogP contribution in [0.15, 0.2) is 34.1 Å². The summed E-state index contributed by atoms with van der Waals surface area (Å²) in [5, 5.41) is 11.7. The number of halogens is 1. The van der Waals surface area contributed by atoms with E-state index in [0.29, 0.717) is 0 Å². The summed E-state index contributed by atoms with van der Waals surface area (Å²) in [6.45, 7) is 0. The molecule has 72 valence electrons. The molecule has 0 bridgehead atoms. The van der Waals surface area contributed by atoms with Crippen LogP contribution in [0.3, 0.4) is 0 Å². The lowest BCUT2D eigenvalue weighted by Gasteiger charge is -2.00. The molecule has 2 nitrogen and oxygen atoms in total. The van der Waals surface area contributed by atoms with Crippen LogP contribution in [-0.4, -0.2) is 10.1 Å². The van der Waals surface area contributed by atoms with Crippen molar-refractivity contribution >= 4 is 27.3 Å². The van der Waals surface area contributed by atoms with E-state index < -0.39 is 0 Å². The monoisotopic (exact) mass is 269 g/mol. The Labute approximate surface area is 94.4 Å². The van der Waals surface area contributed by atoms with E-state index in [1.807, 2.05) is 24.3 Å². The van der Waals surface area contributed by atoms with Crippen LogP contribution < -0.4 is 0 Å². The zero-order valence-corrected chi connectivity index (χ0v) is 9.68.